The number of para-hydroxylation sites is 2. The number of halogens is 4. The van der Waals surface area contributed by atoms with Gasteiger partial charge in [-0.05, 0) is 25.1 Å². The molecule has 152 valence electrons. The van der Waals surface area contributed by atoms with Gasteiger partial charge in [0.15, 0.2) is 23.6 Å². The van der Waals surface area contributed by atoms with Crippen molar-refractivity contribution in [2.45, 2.75) is 13.5 Å². The average molecular weight is 428 g/mol. The number of carbonyl (C=O) groups is 1. The fraction of sp³-hybridized carbons (Fsp3) is 0.167. The third-order valence-corrected chi connectivity index (χ3v) is 4.08. The lowest BCUT2D eigenvalue weighted by atomic mass is 10.2. The van der Waals surface area contributed by atoms with E-state index in [4.69, 9.17) is 21.1 Å². The standard InChI is InChI=1S/C18H13ClF3N3O4/c1-10-23-25(18(27)24(10)17(21)22)13-9-16(11(19)8-12(13)20)29-15-5-3-2-4-14(15)28-7-6-26/h2-6,8-9,17H,7H2,1H3. The molecule has 11 heteroatoms. The molecule has 29 heavy (non-hydrogen) atoms. The highest BCUT2D eigenvalue weighted by Crippen LogP contribution is 2.36. The summed E-state index contributed by atoms with van der Waals surface area (Å²) in [4.78, 5) is 22.7. The van der Waals surface area contributed by atoms with E-state index >= 15 is 0 Å². The Balaban J connectivity index is 2.06. The van der Waals surface area contributed by atoms with Crippen molar-refractivity contribution in [3.63, 3.8) is 0 Å². The summed E-state index contributed by atoms with van der Waals surface area (Å²) < 4.78 is 52.0. The summed E-state index contributed by atoms with van der Waals surface area (Å²) in [5.41, 5.74) is -1.65. The van der Waals surface area contributed by atoms with Crippen LogP contribution in [-0.2, 0) is 4.79 Å². The highest BCUT2D eigenvalue weighted by Gasteiger charge is 2.22. The van der Waals surface area contributed by atoms with Gasteiger partial charge in [-0.2, -0.15) is 13.5 Å². The summed E-state index contributed by atoms with van der Waals surface area (Å²) >= 11 is 6.03. The molecule has 0 spiro atoms. The van der Waals surface area contributed by atoms with E-state index in [0.717, 1.165) is 12.1 Å². The molecule has 1 aromatic heterocycles. The maximum absolute atomic E-state index is 14.4. The number of ether oxygens (including phenoxy) is 2. The van der Waals surface area contributed by atoms with Crippen LogP contribution in [0.2, 0.25) is 5.02 Å². The molecule has 1 heterocycles. The first-order chi connectivity index (χ1) is 13.8. The summed E-state index contributed by atoms with van der Waals surface area (Å²) in [5, 5.41) is 3.54. The molecule has 3 rings (SSSR count). The van der Waals surface area contributed by atoms with Crippen LogP contribution in [0.15, 0.2) is 41.2 Å². The second-order valence-electron chi connectivity index (χ2n) is 5.65. The van der Waals surface area contributed by atoms with Crippen LogP contribution in [0.3, 0.4) is 0 Å². The Kier molecular flexibility index (Phi) is 5.92. The van der Waals surface area contributed by atoms with Crippen molar-refractivity contribution in [1.29, 1.82) is 0 Å². The smallest absolute Gasteiger partial charge is 0.355 e. The maximum Gasteiger partial charge on any atom is 0.355 e. The molecule has 7 nitrogen and oxygen atoms in total. The number of benzene rings is 2. The van der Waals surface area contributed by atoms with E-state index in [1.807, 2.05) is 0 Å². The number of aryl methyl sites for hydroxylation is 1. The molecule has 0 radical (unpaired) electrons. The van der Waals surface area contributed by atoms with E-state index in [0.29, 0.717) is 11.0 Å². The lowest BCUT2D eigenvalue weighted by Crippen LogP contribution is -2.25. The van der Waals surface area contributed by atoms with Crippen molar-refractivity contribution in [1.82, 2.24) is 14.3 Å². The van der Waals surface area contributed by atoms with Crippen LogP contribution in [0.4, 0.5) is 13.2 Å². The second kappa shape index (κ2) is 8.39. The number of carbonyl (C=O) groups excluding carboxylic acids is 1. The highest BCUT2D eigenvalue weighted by atomic mass is 35.5. The first kappa shape index (κ1) is 20.5. The van der Waals surface area contributed by atoms with E-state index in [2.05, 4.69) is 5.10 Å². The molecule has 0 aliphatic carbocycles. The monoisotopic (exact) mass is 427 g/mol. The number of hydrogen-bond acceptors (Lipinski definition) is 5. The lowest BCUT2D eigenvalue weighted by Gasteiger charge is -2.13. The fourth-order valence-corrected chi connectivity index (χ4v) is 2.70. The Hall–Kier alpha value is -3.27. The van der Waals surface area contributed by atoms with Crippen LogP contribution < -0.4 is 15.2 Å². The Morgan fingerprint density at radius 3 is 2.52 bits per heavy atom. The number of rotatable bonds is 7. The van der Waals surface area contributed by atoms with Crippen molar-refractivity contribution >= 4 is 17.9 Å². The topological polar surface area (TPSA) is 75.3 Å². The van der Waals surface area contributed by atoms with Crippen LogP contribution in [0, 0.1) is 12.7 Å². The van der Waals surface area contributed by atoms with Crippen LogP contribution in [0.25, 0.3) is 5.69 Å². The van der Waals surface area contributed by atoms with E-state index < -0.39 is 23.7 Å². The minimum atomic E-state index is -3.14. The zero-order chi connectivity index (χ0) is 21.1. The van der Waals surface area contributed by atoms with Crippen molar-refractivity contribution < 1.29 is 27.4 Å². The van der Waals surface area contributed by atoms with Gasteiger partial charge in [0.2, 0.25) is 0 Å². The number of alkyl halides is 2. The first-order valence-electron chi connectivity index (χ1n) is 8.12. The summed E-state index contributed by atoms with van der Waals surface area (Å²) in [5.74, 6) is -0.961. The Morgan fingerprint density at radius 2 is 1.90 bits per heavy atom. The van der Waals surface area contributed by atoms with Gasteiger partial charge in [-0.15, -0.1) is 5.10 Å². The molecule has 0 aliphatic heterocycles. The molecule has 0 fully saturated rings. The Morgan fingerprint density at radius 1 is 1.21 bits per heavy atom. The van der Waals surface area contributed by atoms with Gasteiger partial charge in [0.1, 0.15) is 23.9 Å². The summed E-state index contributed by atoms with van der Waals surface area (Å²) in [7, 11) is 0. The van der Waals surface area contributed by atoms with Crippen molar-refractivity contribution in [2.24, 2.45) is 0 Å². The zero-order valence-electron chi connectivity index (χ0n) is 14.8. The van der Waals surface area contributed by atoms with Crippen LogP contribution in [-0.4, -0.2) is 27.2 Å². The number of aromatic nitrogens is 3. The summed E-state index contributed by atoms with van der Waals surface area (Å²) in [6.45, 7) is -2.16. The van der Waals surface area contributed by atoms with Crippen molar-refractivity contribution in [3.8, 4) is 22.9 Å². The molecular formula is C18H13ClF3N3O4. The molecule has 0 unspecified atom stereocenters. The molecule has 0 saturated carbocycles. The normalized spacial score (nSPS) is 11.0. The van der Waals surface area contributed by atoms with E-state index in [1.165, 1.54) is 19.1 Å². The fourth-order valence-electron chi connectivity index (χ4n) is 2.51. The zero-order valence-corrected chi connectivity index (χ0v) is 15.6. The molecular weight excluding hydrogens is 415 g/mol. The van der Waals surface area contributed by atoms with E-state index in [9.17, 15) is 22.8 Å². The summed E-state index contributed by atoms with van der Waals surface area (Å²) in [6.07, 6.45) is 0.549. The molecule has 0 bridgehead atoms. The van der Waals surface area contributed by atoms with Crippen LogP contribution in [0.1, 0.15) is 12.4 Å². The number of nitrogens with zero attached hydrogens (tertiary/aromatic N) is 3. The van der Waals surface area contributed by atoms with E-state index in [-0.39, 0.29) is 39.3 Å². The van der Waals surface area contributed by atoms with Gasteiger partial charge in [0.05, 0.1) is 5.02 Å². The molecule has 2 aromatic carbocycles. The predicted octanol–water partition coefficient (Wildman–Crippen LogP) is 3.90. The third-order valence-electron chi connectivity index (χ3n) is 3.78. The predicted molar refractivity (Wildman–Crippen MR) is 96.9 cm³/mol. The second-order valence-corrected chi connectivity index (χ2v) is 6.06. The van der Waals surface area contributed by atoms with Crippen LogP contribution in [0.5, 0.6) is 17.2 Å². The van der Waals surface area contributed by atoms with Crippen molar-refractivity contribution in [2.75, 3.05) is 6.61 Å². The first-order valence-corrected chi connectivity index (χ1v) is 8.50. The Bertz CT molecular complexity index is 1110. The number of aldehydes is 1. The van der Waals surface area contributed by atoms with Crippen LogP contribution >= 0.6 is 11.6 Å². The quantitative estimate of drug-likeness (QED) is 0.535. The van der Waals surface area contributed by atoms with Gasteiger partial charge in [0, 0.05) is 6.07 Å². The molecule has 0 aliphatic rings. The van der Waals surface area contributed by atoms with Crippen molar-refractivity contribution in [3.05, 3.63) is 63.5 Å². The SMILES string of the molecule is Cc1nn(-c2cc(Oc3ccccc3OCC=O)c(Cl)cc2F)c(=O)n1C(F)F. The van der Waals surface area contributed by atoms with Gasteiger partial charge < -0.3 is 9.47 Å². The Labute approximate surface area is 166 Å². The maximum atomic E-state index is 14.4. The van der Waals surface area contributed by atoms with Gasteiger partial charge in [0.25, 0.3) is 0 Å². The van der Waals surface area contributed by atoms with Gasteiger partial charge in [-0.25, -0.2) is 13.8 Å². The van der Waals surface area contributed by atoms with Gasteiger partial charge >= 0.3 is 12.2 Å². The highest BCUT2D eigenvalue weighted by molar-refractivity contribution is 6.32. The minimum Gasteiger partial charge on any atom is -0.482 e. The average Bonchev–Trinajstić information content (AvgIpc) is 2.97. The molecule has 0 N–H and O–H groups in total. The lowest BCUT2D eigenvalue weighted by molar-refractivity contribution is -0.109. The molecule has 0 saturated heterocycles. The largest absolute Gasteiger partial charge is 0.482 e. The minimum absolute atomic E-state index is 0.0821. The van der Waals surface area contributed by atoms with Gasteiger partial charge in [-0.1, -0.05) is 23.7 Å². The molecule has 0 amide bonds. The molecule has 0 atom stereocenters. The van der Waals surface area contributed by atoms with E-state index in [1.54, 1.807) is 12.1 Å². The third kappa shape index (κ3) is 4.11. The molecule has 3 aromatic rings. The van der Waals surface area contributed by atoms with Gasteiger partial charge in [-0.3, -0.25) is 4.79 Å². The number of hydrogen-bond donors (Lipinski definition) is 0. The summed E-state index contributed by atoms with van der Waals surface area (Å²) in [6, 6.07) is 8.24.